The van der Waals surface area contributed by atoms with Gasteiger partial charge in [0, 0.05) is 54.9 Å². The Kier molecular flexibility index (Phi) is 10.7. The van der Waals surface area contributed by atoms with E-state index in [0.29, 0.717) is 30.2 Å². The van der Waals surface area contributed by atoms with E-state index in [4.69, 9.17) is 9.98 Å². The highest BCUT2D eigenvalue weighted by Crippen LogP contribution is 2.34. The lowest BCUT2D eigenvalue weighted by Crippen LogP contribution is -2.41. The molecule has 2 aromatic rings. The number of hydrogen-bond donors (Lipinski definition) is 3. The summed E-state index contributed by atoms with van der Waals surface area (Å²) in [5.74, 6) is 1.15. The molecule has 0 bridgehead atoms. The number of hydrogen-bond acceptors (Lipinski definition) is 7. The number of nitrogens with zero attached hydrogens (tertiary/aromatic N) is 5. The van der Waals surface area contributed by atoms with Gasteiger partial charge in [0.25, 0.3) is 5.91 Å². The van der Waals surface area contributed by atoms with Gasteiger partial charge in [-0.1, -0.05) is 19.1 Å². The minimum atomic E-state index is -0.321. The summed E-state index contributed by atoms with van der Waals surface area (Å²) >= 11 is 0. The molecule has 218 valence electrons. The molecule has 4 rings (SSSR count). The van der Waals surface area contributed by atoms with Crippen molar-refractivity contribution in [1.29, 1.82) is 0 Å². The number of aromatic nitrogens is 1. The van der Waals surface area contributed by atoms with Crippen LogP contribution in [0, 0.1) is 0 Å². The third-order valence-corrected chi connectivity index (χ3v) is 7.98. The lowest BCUT2D eigenvalue weighted by atomic mass is 10.0. The standard InChI is InChI=1S/C32H44N8O/c1-6-18-34-32(41)28(21-33-3)31(38-29-15-10-24-9-8-23(7-2)30(24)37-29)36-22-35-25-11-13-27(14-12-25)40-19-16-26(17-20-40)39(4)5/h6,10-15,21,23,26,35H,1,3,7-9,16-20,22H2,2,4-5H3,(H,34,41)(H,36,37,38)/b28-21+/t23-/m0/s1. The zero-order chi connectivity index (χ0) is 29.2. The Morgan fingerprint density at radius 2 is 1.90 bits per heavy atom. The van der Waals surface area contributed by atoms with Gasteiger partial charge in [-0.3, -0.25) is 9.79 Å². The molecule has 0 radical (unpaired) electrons. The molecule has 1 aromatic heterocycles. The quantitative estimate of drug-likeness (QED) is 0.150. The number of aliphatic imine (C=N–C) groups is 2. The third-order valence-electron chi connectivity index (χ3n) is 7.98. The average molecular weight is 557 g/mol. The normalized spacial score (nSPS) is 17.8. The number of carbonyl (C=O) groups excluding carboxylic acids is 1. The lowest BCUT2D eigenvalue weighted by molar-refractivity contribution is -0.116. The summed E-state index contributed by atoms with van der Waals surface area (Å²) in [6, 6.07) is 13.2. The Hall–Kier alpha value is -3.98. The van der Waals surface area contributed by atoms with Gasteiger partial charge in [0.1, 0.15) is 18.3 Å². The van der Waals surface area contributed by atoms with E-state index in [-0.39, 0.29) is 18.1 Å². The summed E-state index contributed by atoms with van der Waals surface area (Å²) in [5, 5.41) is 9.46. The molecule has 0 saturated carbocycles. The molecule has 9 heteroatoms. The molecule has 1 aromatic carbocycles. The van der Waals surface area contributed by atoms with Gasteiger partial charge < -0.3 is 25.8 Å². The second-order valence-corrected chi connectivity index (χ2v) is 10.8. The zero-order valence-electron chi connectivity index (χ0n) is 24.7. The van der Waals surface area contributed by atoms with Crippen molar-refractivity contribution >= 4 is 35.7 Å². The SMILES string of the molecule is C=CCNC(=O)C(=C/N=C)/C(=N\CNc1ccc(N2CCC(N(C)C)CC2)cc1)Nc1ccc2c(n1)[C@@H](CC)CC2. The van der Waals surface area contributed by atoms with E-state index in [1.807, 2.05) is 6.07 Å². The van der Waals surface area contributed by atoms with Crippen LogP contribution >= 0.6 is 0 Å². The predicted octanol–water partition coefficient (Wildman–Crippen LogP) is 4.82. The highest BCUT2D eigenvalue weighted by Gasteiger charge is 2.24. The number of nitrogens with one attached hydrogen (secondary N) is 3. The van der Waals surface area contributed by atoms with E-state index in [1.54, 1.807) is 6.08 Å². The molecule has 1 saturated heterocycles. The smallest absolute Gasteiger partial charge is 0.256 e. The number of piperidine rings is 1. The van der Waals surface area contributed by atoms with Gasteiger partial charge in [-0.15, -0.1) is 6.58 Å². The largest absolute Gasteiger partial charge is 0.371 e. The van der Waals surface area contributed by atoms with Crippen molar-refractivity contribution in [3.8, 4) is 0 Å². The molecule has 9 nitrogen and oxygen atoms in total. The molecular formula is C32H44N8O. The Bertz CT molecular complexity index is 1260. The van der Waals surface area contributed by atoms with Crippen molar-refractivity contribution in [1.82, 2.24) is 15.2 Å². The zero-order valence-corrected chi connectivity index (χ0v) is 24.7. The molecule has 41 heavy (non-hydrogen) atoms. The van der Waals surface area contributed by atoms with Crippen LogP contribution in [-0.4, -0.2) is 74.8 Å². The van der Waals surface area contributed by atoms with E-state index >= 15 is 0 Å². The van der Waals surface area contributed by atoms with Gasteiger partial charge in [0.05, 0.1) is 5.57 Å². The van der Waals surface area contributed by atoms with Gasteiger partial charge in [0.15, 0.2) is 0 Å². The molecule has 2 aliphatic rings. The van der Waals surface area contributed by atoms with Gasteiger partial charge in [-0.05, 0) is 88.8 Å². The number of rotatable bonds is 12. The van der Waals surface area contributed by atoms with Crippen LogP contribution in [-0.2, 0) is 11.2 Å². The van der Waals surface area contributed by atoms with Gasteiger partial charge in [0.2, 0.25) is 0 Å². The molecule has 2 heterocycles. The van der Waals surface area contributed by atoms with Gasteiger partial charge in [-0.2, -0.15) is 0 Å². The minimum absolute atomic E-state index is 0.252. The number of amidine groups is 1. The topological polar surface area (TPSA) is 97.2 Å². The summed E-state index contributed by atoms with van der Waals surface area (Å²) < 4.78 is 0. The highest BCUT2D eigenvalue weighted by molar-refractivity contribution is 6.25. The maximum absolute atomic E-state index is 13.0. The molecule has 1 aliphatic carbocycles. The maximum atomic E-state index is 13.0. The number of benzene rings is 1. The maximum Gasteiger partial charge on any atom is 0.256 e. The van der Waals surface area contributed by atoms with Crippen LogP contribution in [0.4, 0.5) is 17.2 Å². The first-order chi connectivity index (χ1) is 19.9. The van der Waals surface area contributed by atoms with Crippen molar-refractivity contribution < 1.29 is 4.79 Å². The lowest BCUT2D eigenvalue weighted by Gasteiger charge is -2.36. The molecule has 1 amide bonds. The number of carbonyl (C=O) groups is 1. The first-order valence-corrected chi connectivity index (χ1v) is 14.6. The Morgan fingerprint density at radius 3 is 2.56 bits per heavy atom. The van der Waals surface area contributed by atoms with Crippen molar-refractivity contribution in [2.75, 3.05) is 55.9 Å². The van der Waals surface area contributed by atoms with Crippen LogP contribution < -0.4 is 20.9 Å². The van der Waals surface area contributed by atoms with Crippen LogP contribution in [0.1, 0.15) is 49.8 Å². The van der Waals surface area contributed by atoms with E-state index < -0.39 is 0 Å². The summed E-state index contributed by atoms with van der Waals surface area (Å²) in [5.41, 5.74) is 4.87. The van der Waals surface area contributed by atoms with E-state index in [1.165, 1.54) is 30.3 Å². The summed E-state index contributed by atoms with van der Waals surface area (Å²) in [4.78, 5) is 31.3. The van der Waals surface area contributed by atoms with E-state index in [2.05, 4.69) is 95.4 Å². The van der Waals surface area contributed by atoms with Crippen molar-refractivity contribution in [3.63, 3.8) is 0 Å². The van der Waals surface area contributed by atoms with Crippen LogP contribution in [0.2, 0.25) is 0 Å². The first-order valence-electron chi connectivity index (χ1n) is 14.6. The summed E-state index contributed by atoms with van der Waals surface area (Å²) in [7, 11) is 4.32. The predicted molar refractivity (Wildman–Crippen MR) is 171 cm³/mol. The molecule has 1 fully saturated rings. The fourth-order valence-electron chi connectivity index (χ4n) is 5.53. The van der Waals surface area contributed by atoms with Gasteiger partial charge in [-0.25, -0.2) is 9.98 Å². The van der Waals surface area contributed by atoms with Crippen molar-refractivity contribution in [3.05, 3.63) is 72.1 Å². The second-order valence-electron chi connectivity index (χ2n) is 10.8. The van der Waals surface area contributed by atoms with Crippen LogP contribution in [0.15, 0.2) is 70.8 Å². The number of pyridine rings is 1. The Morgan fingerprint density at radius 1 is 1.15 bits per heavy atom. The third kappa shape index (κ3) is 7.82. The minimum Gasteiger partial charge on any atom is -0.371 e. The monoisotopic (exact) mass is 556 g/mol. The Balaban J connectivity index is 1.48. The first kappa shape index (κ1) is 30.0. The van der Waals surface area contributed by atoms with Crippen molar-refractivity contribution in [2.45, 2.75) is 51.0 Å². The number of anilines is 3. The van der Waals surface area contributed by atoms with E-state index in [9.17, 15) is 4.79 Å². The molecular weight excluding hydrogens is 512 g/mol. The van der Waals surface area contributed by atoms with Gasteiger partial charge >= 0.3 is 0 Å². The fourth-order valence-corrected chi connectivity index (χ4v) is 5.53. The number of aryl methyl sites for hydroxylation is 1. The van der Waals surface area contributed by atoms with Crippen LogP contribution in [0.25, 0.3) is 0 Å². The Labute approximate surface area is 244 Å². The number of amides is 1. The summed E-state index contributed by atoms with van der Waals surface area (Å²) in [6.45, 7) is 12.1. The molecule has 3 N–H and O–H groups in total. The summed E-state index contributed by atoms with van der Waals surface area (Å²) in [6.07, 6.45) is 8.61. The second kappa shape index (κ2) is 14.6. The molecule has 0 unspecified atom stereocenters. The van der Waals surface area contributed by atoms with E-state index in [0.717, 1.165) is 43.7 Å². The fraction of sp³-hybridized carbons (Fsp3) is 0.438. The number of fused-ring (bicyclic) bond motifs is 1. The molecule has 1 aliphatic heterocycles. The average Bonchev–Trinajstić information content (AvgIpc) is 3.41. The molecule has 1 atom stereocenters. The van der Waals surface area contributed by atoms with Crippen molar-refractivity contribution in [2.24, 2.45) is 9.98 Å². The van der Waals surface area contributed by atoms with Crippen LogP contribution in [0.3, 0.4) is 0 Å². The highest BCUT2D eigenvalue weighted by atomic mass is 16.1. The van der Waals surface area contributed by atoms with Crippen LogP contribution in [0.5, 0.6) is 0 Å². The molecule has 0 spiro atoms.